The highest BCUT2D eigenvalue weighted by Crippen LogP contribution is 2.30. The van der Waals surface area contributed by atoms with Crippen molar-refractivity contribution in [2.45, 2.75) is 38.0 Å². The smallest absolute Gasteiger partial charge is 0.180 e. The van der Waals surface area contributed by atoms with E-state index in [2.05, 4.69) is 12.2 Å². The molecule has 0 amide bonds. The number of dihydropyridines is 1. The first kappa shape index (κ1) is 14.0. The molecule has 1 unspecified atom stereocenters. The summed E-state index contributed by atoms with van der Waals surface area (Å²) in [7, 11) is -3.25. The highest BCUT2D eigenvalue weighted by atomic mass is 32.2. The summed E-state index contributed by atoms with van der Waals surface area (Å²) in [5.41, 5.74) is 0.919. The van der Waals surface area contributed by atoms with Crippen LogP contribution in [-0.2, 0) is 9.84 Å². The van der Waals surface area contributed by atoms with Crippen LogP contribution in [0.25, 0.3) is 0 Å². The summed E-state index contributed by atoms with van der Waals surface area (Å²) < 4.78 is 24.2. The Morgan fingerprint density at radius 3 is 2.53 bits per heavy atom. The fourth-order valence-electron chi connectivity index (χ4n) is 2.05. The molecule has 4 heteroatoms. The third kappa shape index (κ3) is 2.80. The van der Waals surface area contributed by atoms with E-state index in [-0.39, 0.29) is 0 Å². The molecule has 1 aliphatic rings. The molecule has 0 aromatic carbocycles. The summed E-state index contributed by atoms with van der Waals surface area (Å²) in [4.78, 5) is -1.05. The first-order chi connectivity index (χ1) is 7.98. The number of sulfone groups is 1. The molecular formula is C13H21NO2S. The van der Waals surface area contributed by atoms with Gasteiger partial charge in [-0.3, -0.25) is 0 Å². The summed E-state index contributed by atoms with van der Waals surface area (Å²) in [6, 6.07) is 0. The molecule has 0 spiro atoms. The topological polar surface area (TPSA) is 46.2 Å². The van der Waals surface area contributed by atoms with Gasteiger partial charge in [0, 0.05) is 6.26 Å². The third-order valence-corrected chi connectivity index (χ3v) is 4.73. The number of unbranched alkanes of at least 4 members (excludes halogenated alkanes) is 1. The van der Waals surface area contributed by atoms with Crippen LogP contribution in [0.1, 0.15) is 33.1 Å². The van der Waals surface area contributed by atoms with Gasteiger partial charge in [-0.1, -0.05) is 25.5 Å². The Bertz CT molecular complexity index is 446. The zero-order valence-electron chi connectivity index (χ0n) is 10.7. The maximum absolute atomic E-state index is 12.1. The Morgan fingerprint density at radius 2 is 2.12 bits per heavy atom. The van der Waals surface area contributed by atoms with Crippen LogP contribution < -0.4 is 5.32 Å². The molecule has 1 rings (SSSR count). The van der Waals surface area contributed by atoms with Gasteiger partial charge in [-0.05, 0) is 43.7 Å². The van der Waals surface area contributed by atoms with E-state index < -0.39 is 14.7 Å². The van der Waals surface area contributed by atoms with Crippen LogP contribution in [0.3, 0.4) is 0 Å². The van der Waals surface area contributed by atoms with E-state index >= 15 is 0 Å². The Kier molecular flexibility index (Phi) is 4.57. The van der Waals surface area contributed by atoms with Gasteiger partial charge in [-0.25, -0.2) is 8.42 Å². The number of nitrogens with one attached hydrogen (secondary N) is 1. The molecule has 0 fully saturated rings. The molecule has 0 radical (unpaired) electrons. The van der Waals surface area contributed by atoms with Crippen molar-refractivity contribution < 1.29 is 8.42 Å². The Balaban J connectivity index is 3.16. The highest BCUT2D eigenvalue weighted by molar-refractivity contribution is 7.92. The molecule has 0 aromatic rings. The molecule has 1 heterocycles. The second kappa shape index (κ2) is 5.54. The van der Waals surface area contributed by atoms with Gasteiger partial charge >= 0.3 is 0 Å². The van der Waals surface area contributed by atoms with Crippen LogP contribution >= 0.6 is 0 Å². The largest absolute Gasteiger partial charge is 0.366 e. The molecule has 1 atom stereocenters. The lowest BCUT2D eigenvalue weighted by Crippen LogP contribution is -2.50. The molecule has 1 aliphatic heterocycles. The lowest BCUT2D eigenvalue weighted by atomic mass is 9.98. The zero-order valence-corrected chi connectivity index (χ0v) is 11.5. The number of hydrogen-bond acceptors (Lipinski definition) is 3. The van der Waals surface area contributed by atoms with Crippen molar-refractivity contribution in [3.8, 4) is 0 Å². The fourth-order valence-corrected chi connectivity index (χ4v) is 3.35. The number of hydrogen-bond donors (Lipinski definition) is 1. The first-order valence-electron chi connectivity index (χ1n) is 5.95. The van der Waals surface area contributed by atoms with Crippen molar-refractivity contribution in [3.05, 3.63) is 36.1 Å². The summed E-state index contributed by atoms with van der Waals surface area (Å²) in [6.45, 7) is 4.00. The van der Waals surface area contributed by atoms with E-state index in [4.69, 9.17) is 0 Å². The van der Waals surface area contributed by atoms with Crippen molar-refractivity contribution in [1.29, 1.82) is 0 Å². The molecular weight excluding hydrogens is 234 g/mol. The van der Waals surface area contributed by atoms with E-state index in [9.17, 15) is 8.42 Å². The molecule has 0 saturated carbocycles. The van der Waals surface area contributed by atoms with Gasteiger partial charge < -0.3 is 5.32 Å². The molecule has 1 N–H and O–H groups in total. The number of rotatable bonds is 5. The molecule has 0 aromatic heterocycles. The van der Waals surface area contributed by atoms with Gasteiger partial charge in [0.15, 0.2) is 14.7 Å². The molecule has 0 aliphatic carbocycles. The van der Waals surface area contributed by atoms with E-state index in [1.165, 1.54) is 6.26 Å². The van der Waals surface area contributed by atoms with Crippen molar-refractivity contribution in [2.75, 3.05) is 6.26 Å². The maximum Gasteiger partial charge on any atom is 0.180 e. The molecule has 3 nitrogen and oxygen atoms in total. The Hall–Kier alpha value is -1.03. The monoisotopic (exact) mass is 255 g/mol. The lowest BCUT2D eigenvalue weighted by molar-refractivity contribution is 0.548. The van der Waals surface area contributed by atoms with E-state index in [1.807, 2.05) is 13.0 Å². The molecule has 17 heavy (non-hydrogen) atoms. The van der Waals surface area contributed by atoms with Crippen molar-refractivity contribution >= 4 is 9.84 Å². The van der Waals surface area contributed by atoms with Gasteiger partial charge in [0.1, 0.15) is 0 Å². The Morgan fingerprint density at radius 1 is 1.41 bits per heavy atom. The van der Waals surface area contributed by atoms with E-state index in [1.54, 1.807) is 24.4 Å². The van der Waals surface area contributed by atoms with Crippen molar-refractivity contribution in [1.82, 2.24) is 5.32 Å². The maximum atomic E-state index is 12.1. The lowest BCUT2D eigenvalue weighted by Gasteiger charge is -2.33. The fraction of sp³-hybridized carbons (Fsp3) is 0.538. The van der Waals surface area contributed by atoms with Gasteiger partial charge in [0.2, 0.25) is 0 Å². The average Bonchev–Trinajstić information content (AvgIpc) is 2.30. The van der Waals surface area contributed by atoms with Crippen LogP contribution in [0.5, 0.6) is 0 Å². The first-order valence-corrected chi connectivity index (χ1v) is 7.84. The standard InChI is InChI=1S/C13H21NO2S/c1-4-6-9-12(5-2)13(17(3,15)16)10-7-8-11-14-13/h5,7-8,10-11,14H,4,6,9H2,1-3H3/b12-5-. The van der Waals surface area contributed by atoms with Gasteiger partial charge in [0.25, 0.3) is 0 Å². The van der Waals surface area contributed by atoms with Crippen LogP contribution in [0.4, 0.5) is 0 Å². The van der Waals surface area contributed by atoms with Crippen LogP contribution in [-0.4, -0.2) is 19.5 Å². The molecule has 96 valence electrons. The molecule has 0 saturated heterocycles. The summed E-state index contributed by atoms with van der Waals surface area (Å²) in [5.74, 6) is 0. The van der Waals surface area contributed by atoms with Crippen LogP contribution in [0.15, 0.2) is 36.1 Å². The summed E-state index contributed by atoms with van der Waals surface area (Å²) in [6.07, 6.45) is 13.0. The quantitative estimate of drug-likeness (QED) is 0.768. The second-order valence-electron chi connectivity index (χ2n) is 4.29. The average molecular weight is 255 g/mol. The summed E-state index contributed by atoms with van der Waals surface area (Å²) in [5, 5.41) is 3.01. The highest BCUT2D eigenvalue weighted by Gasteiger charge is 2.41. The minimum Gasteiger partial charge on any atom is -0.366 e. The van der Waals surface area contributed by atoms with Crippen molar-refractivity contribution in [2.24, 2.45) is 0 Å². The van der Waals surface area contributed by atoms with Crippen LogP contribution in [0.2, 0.25) is 0 Å². The SMILES string of the molecule is C/C=C(/CCCC)C1(S(C)(=O)=O)C=CC=CN1. The van der Waals surface area contributed by atoms with Gasteiger partial charge in [0.05, 0.1) is 0 Å². The predicted molar refractivity (Wildman–Crippen MR) is 72.3 cm³/mol. The molecule has 0 bridgehead atoms. The zero-order chi connectivity index (χ0) is 12.9. The van der Waals surface area contributed by atoms with E-state index in [0.717, 1.165) is 24.8 Å². The van der Waals surface area contributed by atoms with E-state index in [0.29, 0.717) is 0 Å². The Labute approximate surface area is 104 Å². The normalized spacial score (nSPS) is 24.8. The third-order valence-electron chi connectivity index (χ3n) is 3.05. The minimum atomic E-state index is -3.25. The van der Waals surface area contributed by atoms with Crippen molar-refractivity contribution in [3.63, 3.8) is 0 Å². The predicted octanol–water partition coefficient (Wildman–Crippen LogP) is 2.54. The second-order valence-corrected chi connectivity index (χ2v) is 6.48. The van der Waals surface area contributed by atoms with Gasteiger partial charge in [-0.2, -0.15) is 0 Å². The summed E-state index contributed by atoms with van der Waals surface area (Å²) >= 11 is 0. The van der Waals surface area contributed by atoms with Crippen LogP contribution in [0, 0.1) is 0 Å². The number of allylic oxidation sites excluding steroid dienone is 3. The minimum absolute atomic E-state index is 0.797. The van der Waals surface area contributed by atoms with Gasteiger partial charge in [-0.15, -0.1) is 0 Å².